The molecule has 0 saturated carbocycles. The number of benzene rings is 6. The topological polar surface area (TPSA) is 319 Å². The largest absolute Gasteiger partial charge is 0.514 e. The molecular formula is C76H86AgN8O18. The van der Waals surface area contributed by atoms with E-state index in [1.54, 1.807) is 20.1 Å². The van der Waals surface area contributed by atoms with Crippen LogP contribution in [0.5, 0.6) is 57.5 Å². The van der Waals surface area contributed by atoms with E-state index in [0.29, 0.717) is 108 Å². The van der Waals surface area contributed by atoms with Gasteiger partial charge >= 0.3 is 6.16 Å². The van der Waals surface area contributed by atoms with Crippen molar-refractivity contribution >= 4 is 18.0 Å². The molecule has 549 valence electrons. The summed E-state index contributed by atoms with van der Waals surface area (Å²) in [6, 6.07) is 23.0. The minimum Gasteiger partial charge on any atom is -0.504 e. The summed E-state index contributed by atoms with van der Waals surface area (Å²) >= 11 is 0. The van der Waals surface area contributed by atoms with Gasteiger partial charge in [-0.3, -0.25) is 29.2 Å². The van der Waals surface area contributed by atoms with Crippen molar-refractivity contribution in [1.82, 2.24) is 30.2 Å². The van der Waals surface area contributed by atoms with Crippen LogP contribution in [0, 0.1) is 49.1 Å². The molecule has 8 aliphatic rings. The van der Waals surface area contributed by atoms with Gasteiger partial charge in [-0.1, -0.05) is 98.1 Å². The fraction of sp³-hybridized carbons (Fsp3) is 0.421. The molecule has 0 aliphatic carbocycles. The number of hydrogen-bond donors (Lipinski definition) is 6. The Balaban J connectivity index is 0.000000195. The van der Waals surface area contributed by atoms with Crippen LogP contribution < -0.4 is 48.5 Å². The van der Waals surface area contributed by atoms with Crippen LogP contribution in [0.1, 0.15) is 115 Å². The second kappa shape index (κ2) is 31.6. The van der Waals surface area contributed by atoms with Crippen LogP contribution in [0.15, 0.2) is 98.1 Å². The first-order valence-corrected chi connectivity index (χ1v) is 34.0. The van der Waals surface area contributed by atoms with Gasteiger partial charge in [-0.15, -0.1) is 10.1 Å². The van der Waals surface area contributed by atoms with Gasteiger partial charge in [0, 0.05) is 111 Å². The molecule has 0 aromatic heterocycles. The molecule has 103 heavy (non-hydrogen) atoms. The van der Waals surface area contributed by atoms with Crippen molar-refractivity contribution in [2.24, 2.45) is 0 Å². The van der Waals surface area contributed by atoms with Crippen LogP contribution in [0.4, 0.5) is 4.79 Å². The van der Waals surface area contributed by atoms with Crippen LogP contribution >= 0.6 is 0 Å². The Bertz CT molecular complexity index is 4290. The van der Waals surface area contributed by atoms with Crippen LogP contribution in [0.25, 0.3) is 0 Å². The van der Waals surface area contributed by atoms with Crippen molar-refractivity contribution in [2.75, 3.05) is 68.2 Å². The van der Waals surface area contributed by atoms with Gasteiger partial charge in [-0.05, 0) is 114 Å². The fourth-order valence-corrected chi connectivity index (χ4v) is 17.0. The number of aliphatic hydroxyl groups excluding tert-OH is 1. The van der Waals surface area contributed by atoms with Crippen molar-refractivity contribution in [1.29, 1.82) is 5.26 Å². The molecule has 8 aliphatic heterocycles. The van der Waals surface area contributed by atoms with Crippen molar-refractivity contribution in [2.45, 2.75) is 140 Å². The van der Waals surface area contributed by atoms with Crippen LogP contribution in [0.3, 0.4) is 0 Å². The summed E-state index contributed by atoms with van der Waals surface area (Å²) < 4.78 is 53.0. The number of likely N-dealkylation sites (N-methyl/N-ethyl adjacent to an activating group) is 2. The van der Waals surface area contributed by atoms with Gasteiger partial charge in [0.1, 0.15) is 37.0 Å². The number of phenols is 2. The molecule has 4 bridgehead atoms. The van der Waals surface area contributed by atoms with E-state index in [2.05, 4.69) is 55.5 Å². The van der Waals surface area contributed by atoms with Gasteiger partial charge in [0.15, 0.2) is 46.0 Å². The molecule has 6 aromatic rings. The third kappa shape index (κ3) is 14.0. The van der Waals surface area contributed by atoms with Gasteiger partial charge in [-0.25, -0.2) is 4.79 Å². The molecule has 2 amide bonds. The number of ether oxygens (including phenoxy) is 9. The minimum absolute atomic E-state index is 0. The molecule has 10 atom stereocenters. The fourth-order valence-electron chi connectivity index (χ4n) is 17.0. The molecule has 6 N–H and O–H groups in total. The minimum atomic E-state index is -1.50. The summed E-state index contributed by atoms with van der Waals surface area (Å²) in [6.45, 7) is 15.8. The number of nitriles is 1. The maximum Gasteiger partial charge on any atom is 0.514 e. The van der Waals surface area contributed by atoms with Crippen molar-refractivity contribution < 1.29 is 105 Å². The molecule has 26 nitrogen and oxygen atoms in total. The predicted molar refractivity (Wildman–Crippen MR) is 371 cm³/mol. The predicted octanol–water partition coefficient (Wildman–Crippen LogP) is 8.88. The first-order chi connectivity index (χ1) is 49.2. The first kappa shape index (κ1) is 74.6. The third-order valence-electron chi connectivity index (χ3n) is 21.2. The summed E-state index contributed by atoms with van der Waals surface area (Å²) in [7, 11) is 7.11. The number of carbonyl (C=O) groups excluding carboxylic acids is 3. The molecule has 1 radical (unpaired) electrons. The summed E-state index contributed by atoms with van der Waals surface area (Å²) in [5, 5.41) is 66.6. The van der Waals surface area contributed by atoms with Gasteiger partial charge in [0.05, 0.1) is 50.5 Å². The normalized spacial score (nSPS) is 22.6. The van der Waals surface area contributed by atoms with Crippen LogP contribution in [0.2, 0.25) is 0 Å². The zero-order valence-electron chi connectivity index (χ0n) is 58.7. The van der Waals surface area contributed by atoms with Crippen LogP contribution in [-0.2, 0) is 75.2 Å². The Morgan fingerprint density at radius 1 is 0.650 bits per heavy atom. The molecule has 27 heteroatoms. The molecule has 2 fully saturated rings. The Morgan fingerprint density at radius 3 is 1.56 bits per heavy atom. The number of aromatic hydroxyl groups is 2. The maximum atomic E-state index is 13.4. The summed E-state index contributed by atoms with van der Waals surface area (Å²) in [5.41, 5.74) is 11.9. The van der Waals surface area contributed by atoms with Gasteiger partial charge in [-0.2, -0.15) is 5.26 Å². The zero-order chi connectivity index (χ0) is 72.5. The number of piperazine rings is 2. The van der Waals surface area contributed by atoms with E-state index in [1.807, 2.05) is 102 Å². The second-order valence-electron chi connectivity index (χ2n) is 26.7. The van der Waals surface area contributed by atoms with E-state index in [9.17, 15) is 35.0 Å². The smallest absolute Gasteiger partial charge is 0.504 e. The number of methoxy groups -OCH3 is 2. The molecular weight excluding hydrogens is 1420 g/mol. The Hall–Kier alpha value is -9.56. The SMILES string of the molecule is C=CCOC(=O)Oc1c(C)c2c(c3c1CC1[C@H]4c5c(cc(C)c(OC)c5O)C[C@@H]([C@H](C#N)N1[C@H]3CNC(=O)CCc1ccccc1)N4C)OCO2.C=CCOc1c(C)c2c(c3c1CC1[C@H]4c5c(cc(C)c(OC)c5O)C[C@@H]([C@H](O)N1[C@H]3CNC(=O)CCc1ccccc1)N4C)OCO2.O=[N+]([O-])O.[Ag]. The quantitative estimate of drug-likeness (QED) is 0.0117. The Kier molecular flexibility index (Phi) is 22.9. The number of aliphatic hydroxyl groups is 1. The van der Waals surface area contributed by atoms with Crippen LogP contribution in [-0.4, -0.2) is 168 Å². The zero-order valence-corrected chi connectivity index (χ0v) is 60.1. The number of amides is 2. The second-order valence-corrected chi connectivity index (χ2v) is 26.7. The molecule has 14 rings (SSSR count). The average molecular weight is 1510 g/mol. The van der Waals surface area contributed by atoms with E-state index in [1.165, 1.54) is 13.2 Å². The van der Waals surface area contributed by atoms with E-state index in [0.717, 1.165) is 61.2 Å². The number of carbonyl (C=O) groups is 3. The molecule has 2 unspecified atom stereocenters. The van der Waals surface area contributed by atoms with E-state index in [4.69, 9.17) is 58.0 Å². The standard InChI is InChI=1S/C39H42N4O8.C37H43N3O7.Ag.HNO3/c1-6-14-48-39(46)51-36-22(3)37-38(50-20-49-37)32-25(36)17-27-33-31-24(15-21(2)35(47-5)34(31)45)16-26(42(33)4)28(18-40)43(27)29(32)19-41-30(44)13-12-23-10-8-7-9-11-23;1-6-14-45-34-21(3)35-36(47-19-46-35)30-24(34)17-25-31-29-23(15-20(2)33(44-5)32(29)42)16-26(39(31)4)37(43)40(25)27(30)18-38-28(41)13-12-22-10-8-7-9-11-22;;2-1(3)4/h6-11,15,26-29,33,45H,1,12-14,16-17,19-20H2,2-5H3,(H,41,44);6-11,15,25-27,31,37,42-43H,1,12-14,16-19H2,2-5H3,(H,38,41);;(H,2,3,4)/t26-,27?,28-,29-,33-;25?,26-,27-,31-,37-;;/m00../s1. The Labute approximate surface area is 612 Å². The van der Waals surface area contributed by atoms with Crippen molar-refractivity contribution in [3.05, 3.63) is 186 Å². The number of hydrogen-bond acceptors (Lipinski definition) is 22. The number of nitrogens with one attached hydrogen (secondary N) is 2. The number of nitrogens with zero attached hydrogens (tertiary/aromatic N) is 6. The van der Waals surface area contributed by atoms with Gasteiger partial charge in [0.25, 0.3) is 5.09 Å². The van der Waals surface area contributed by atoms with E-state index in [-0.39, 0.29) is 121 Å². The maximum absolute atomic E-state index is 13.4. The summed E-state index contributed by atoms with van der Waals surface area (Å²) in [4.78, 5) is 56.8. The van der Waals surface area contributed by atoms with Crippen molar-refractivity contribution in [3.63, 3.8) is 0 Å². The molecule has 0 spiro atoms. The van der Waals surface area contributed by atoms with Crippen molar-refractivity contribution in [3.8, 4) is 63.6 Å². The third-order valence-corrected chi connectivity index (χ3v) is 21.2. The number of aryl methyl sites for hydroxylation is 4. The molecule has 2 saturated heterocycles. The monoisotopic (exact) mass is 1510 g/mol. The molecule has 8 heterocycles. The number of fused-ring (bicyclic) bond motifs is 18. The number of phenolic OH excluding ortho intramolecular Hbond substituents is 2. The first-order valence-electron chi connectivity index (χ1n) is 34.0. The average Bonchev–Trinajstić information content (AvgIpc) is 1.37. The van der Waals surface area contributed by atoms with Gasteiger partial charge < -0.3 is 73.8 Å². The summed E-state index contributed by atoms with van der Waals surface area (Å²) in [5.74, 6) is 4.01. The van der Waals surface area contributed by atoms with E-state index >= 15 is 0 Å². The summed E-state index contributed by atoms with van der Waals surface area (Å²) in [6.07, 6.45) is 5.12. The Morgan fingerprint density at radius 2 is 1.09 bits per heavy atom. The molecule has 6 aromatic carbocycles. The number of rotatable bonds is 18. The van der Waals surface area contributed by atoms with Gasteiger partial charge in [0.2, 0.25) is 25.4 Å². The van der Waals surface area contributed by atoms with E-state index < -0.39 is 41.6 Å².